The lowest BCUT2D eigenvalue weighted by molar-refractivity contribution is -0.150. The van der Waals surface area contributed by atoms with Crippen LogP contribution in [0.25, 0.3) is 0 Å². The molecule has 0 aliphatic carbocycles. The highest BCUT2D eigenvalue weighted by molar-refractivity contribution is 6.76. The summed E-state index contributed by atoms with van der Waals surface area (Å²) in [4.78, 5) is 47.5. The zero-order valence-electron chi connectivity index (χ0n) is 18.6. The van der Waals surface area contributed by atoms with Crippen LogP contribution < -0.4 is 0 Å². The molecule has 8 heteroatoms. The van der Waals surface area contributed by atoms with Crippen molar-refractivity contribution < 1.29 is 33.4 Å². The summed E-state index contributed by atoms with van der Waals surface area (Å²) in [5.41, 5.74) is 0.464. The number of hydrogen-bond acceptors (Lipinski definition) is 7. The van der Waals surface area contributed by atoms with E-state index >= 15 is 0 Å². The number of esters is 3. The maximum Gasteiger partial charge on any atom is 0.344 e. The number of hydrogen-bond donors (Lipinski definition) is 0. The molecule has 1 unspecified atom stereocenters. The first kappa shape index (κ1) is 26.8. The predicted molar refractivity (Wildman–Crippen MR) is 113 cm³/mol. The van der Waals surface area contributed by atoms with Gasteiger partial charge in [-0.2, -0.15) is 0 Å². The molecule has 164 valence electrons. The van der Waals surface area contributed by atoms with Gasteiger partial charge >= 0.3 is 17.9 Å². The molecule has 0 saturated carbocycles. The van der Waals surface area contributed by atoms with Gasteiger partial charge in [0.2, 0.25) is 0 Å². The molecule has 0 aromatic heterocycles. The Labute approximate surface area is 174 Å². The summed E-state index contributed by atoms with van der Waals surface area (Å²) in [6.45, 7) is 13.5. The molecule has 0 rings (SSSR count). The fourth-order valence-corrected chi connectivity index (χ4v) is 4.40. The van der Waals surface area contributed by atoms with E-state index in [9.17, 15) is 19.2 Å². The molecule has 0 aliphatic rings. The molecule has 0 aliphatic heterocycles. The smallest absolute Gasteiger partial charge is 0.344 e. The zero-order chi connectivity index (χ0) is 22.8. The van der Waals surface area contributed by atoms with Crippen LogP contribution in [0.15, 0.2) is 23.8 Å². The Bertz CT molecular complexity index is 640. The van der Waals surface area contributed by atoms with Crippen molar-refractivity contribution in [2.24, 2.45) is 5.92 Å². The van der Waals surface area contributed by atoms with Crippen molar-refractivity contribution in [3.8, 4) is 0 Å². The van der Waals surface area contributed by atoms with Crippen LogP contribution in [0.4, 0.5) is 0 Å². The Kier molecular flexibility index (Phi) is 11.4. The Morgan fingerprint density at radius 1 is 1.03 bits per heavy atom. The first-order valence-corrected chi connectivity index (χ1v) is 13.3. The van der Waals surface area contributed by atoms with Crippen LogP contribution >= 0.6 is 0 Å². The molecule has 0 saturated heterocycles. The lowest BCUT2D eigenvalue weighted by Gasteiger charge is -2.23. The minimum Gasteiger partial charge on any atom is -0.465 e. The quantitative estimate of drug-likeness (QED) is 0.0897. The van der Waals surface area contributed by atoms with E-state index in [1.807, 2.05) is 6.92 Å². The average molecular weight is 427 g/mol. The molecule has 0 amide bonds. The van der Waals surface area contributed by atoms with Crippen LogP contribution in [-0.4, -0.2) is 52.1 Å². The minimum absolute atomic E-state index is 0.159. The monoisotopic (exact) mass is 426 g/mol. The number of methoxy groups -OCH3 is 2. The van der Waals surface area contributed by atoms with E-state index in [0.29, 0.717) is 24.5 Å². The molecule has 7 nitrogen and oxygen atoms in total. The van der Waals surface area contributed by atoms with Crippen LogP contribution in [0.1, 0.15) is 33.1 Å². The highest BCUT2D eigenvalue weighted by Gasteiger charge is 2.28. The molecule has 29 heavy (non-hydrogen) atoms. The van der Waals surface area contributed by atoms with E-state index in [1.165, 1.54) is 27.2 Å². The second-order valence-electron chi connectivity index (χ2n) is 8.28. The van der Waals surface area contributed by atoms with Crippen LogP contribution in [0.3, 0.4) is 0 Å². The third-order valence-corrected chi connectivity index (χ3v) is 5.56. The summed E-state index contributed by atoms with van der Waals surface area (Å²) in [6.07, 6.45) is 1.81. The molecule has 0 N–H and O–H groups in total. The molecule has 0 radical (unpaired) electrons. The first-order valence-electron chi connectivity index (χ1n) is 9.58. The maximum atomic E-state index is 12.6. The van der Waals surface area contributed by atoms with Gasteiger partial charge in [0.25, 0.3) is 0 Å². The lowest BCUT2D eigenvalue weighted by Crippen LogP contribution is -2.32. The number of allylic oxidation sites excluding steroid dienone is 1. The summed E-state index contributed by atoms with van der Waals surface area (Å²) in [7, 11) is 0.856. The minimum atomic E-state index is -1.51. The average Bonchev–Trinajstić information content (AvgIpc) is 2.61. The van der Waals surface area contributed by atoms with Crippen molar-refractivity contribution in [1.82, 2.24) is 0 Å². The van der Waals surface area contributed by atoms with Gasteiger partial charge in [-0.3, -0.25) is 9.59 Å². The standard InChI is InChI=1S/C21H34O7Si/c1-14(12-17(20(24)26-4)21(25)27-5)10-9-11-18(23)19(28-16(3)22)15(2)13-29(6,7)8/h12,14,19H,2,9-11,13H2,1,3-8H3/t14-,19?/m1/s1. The SMILES string of the molecule is C=C(C[Si](C)(C)C)C(OC(C)=O)C(=O)CCC[C@@H](C)C=C(C(=O)OC)C(=O)OC. The number of rotatable bonds is 12. The number of carbonyl (C=O) groups is 4. The molecule has 0 heterocycles. The number of carbonyl (C=O) groups excluding carboxylic acids is 4. The van der Waals surface area contributed by atoms with Crippen molar-refractivity contribution in [2.45, 2.75) is 64.9 Å². The predicted octanol–water partition coefficient (Wildman–Crippen LogP) is 3.46. The Morgan fingerprint density at radius 2 is 1.55 bits per heavy atom. The second-order valence-corrected chi connectivity index (χ2v) is 13.8. The summed E-state index contributed by atoms with van der Waals surface area (Å²) in [5.74, 6) is -2.40. The summed E-state index contributed by atoms with van der Waals surface area (Å²) in [6, 6.07) is 0.692. The van der Waals surface area contributed by atoms with E-state index in [0.717, 1.165) is 0 Å². The van der Waals surface area contributed by atoms with Gasteiger partial charge in [0, 0.05) is 21.4 Å². The topological polar surface area (TPSA) is 96.0 Å². The molecular weight excluding hydrogens is 392 g/mol. The van der Waals surface area contributed by atoms with Gasteiger partial charge in [-0.05, 0) is 30.4 Å². The van der Waals surface area contributed by atoms with Crippen molar-refractivity contribution in [3.63, 3.8) is 0 Å². The van der Waals surface area contributed by atoms with Crippen molar-refractivity contribution >= 4 is 31.8 Å². The largest absolute Gasteiger partial charge is 0.465 e. The third-order valence-electron chi connectivity index (χ3n) is 4.05. The Balaban J connectivity index is 5.00. The fraction of sp³-hybridized carbons (Fsp3) is 0.619. The summed E-state index contributed by atoms with van der Waals surface area (Å²) >= 11 is 0. The lowest BCUT2D eigenvalue weighted by atomic mass is 9.97. The van der Waals surface area contributed by atoms with Gasteiger partial charge in [0.15, 0.2) is 11.9 Å². The summed E-state index contributed by atoms with van der Waals surface area (Å²) in [5, 5.41) is 0. The van der Waals surface area contributed by atoms with Crippen molar-refractivity contribution in [2.75, 3.05) is 14.2 Å². The molecular formula is C21H34O7Si. The van der Waals surface area contributed by atoms with Crippen LogP contribution in [0.2, 0.25) is 25.7 Å². The maximum absolute atomic E-state index is 12.6. The second kappa shape index (κ2) is 12.4. The van der Waals surface area contributed by atoms with E-state index < -0.39 is 32.1 Å². The van der Waals surface area contributed by atoms with Gasteiger partial charge in [0.05, 0.1) is 14.2 Å². The first-order chi connectivity index (χ1) is 13.3. The summed E-state index contributed by atoms with van der Waals surface area (Å²) < 4.78 is 14.4. The van der Waals surface area contributed by atoms with Crippen LogP contribution in [0.5, 0.6) is 0 Å². The fourth-order valence-electron chi connectivity index (χ4n) is 2.85. The van der Waals surface area contributed by atoms with E-state index in [2.05, 4.69) is 35.7 Å². The van der Waals surface area contributed by atoms with Crippen molar-refractivity contribution in [3.05, 3.63) is 23.8 Å². The molecule has 2 atom stereocenters. The number of ketones is 1. The number of Topliss-reactive ketones (excluding diaryl/α,β-unsaturated/α-hetero) is 1. The molecule has 0 bridgehead atoms. The van der Waals surface area contributed by atoms with Gasteiger partial charge in [-0.1, -0.05) is 39.2 Å². The van der Waals surface area contributed by atoms with Gasteiger partial charge in [0.1, 0.15) is 5.57 Å². The van der Waals surface area contributed by atoms with Gasteiger partial charge in [-0.15, -0.1) is 0 Å². The molecule has 0 fully saturated rings. The highest BCUT2D eigenvalue weighted by atomic mass is 28.3. The molecule has 0 aromatic rings. The normalized spacial score (nSPS) is 12.9. The van der Waals surface area contributed by atoms with Crippen LogP contribution in [0, 0.1) is 5.92 Å². The van der Waals surface area contributed by atoms with Gasteiger partial charge < -0.3 is 14.2 Å². The highest BCUT2D eigenvalue weighted by Crippen LogP contribution is 2.22. The van der Waals surface area contributed by atoms with E-state index in [4.69, 9.17) is 4.74 Å². The zero-order valence-corrected chi connectivity index (χ0v) is 19.6. The van der Waals surface area contributed by atoms with E-state index in [-0.39, 0.29) is 23.7 Å². The van der Waals surface area contributed by atoms with Crippen molar-refractivity contribution in [1.29, 1.82) is 0 Å². The van der Waals surface area contributed by atoms with Gasteiger partial charge in [-0.25, -0.2) is 9.59 Å². The Morgan fingerprint density at radius 3 is 1.97 bits per heavy atom. The third kappa shape index (κ3) is 10.8. The van der Waals surface area contributed by atoms with E-state index in [1.54, 1.807) is 0 Å². The Hall–Kier alpha value is -2.22. The molecule has 0 aromatic carbocycles. The molecule has 0 spiro atoms. The number of ether oxygens (including phenoxy) is 3. The van der Waals surface area contributed by atoms with Crippen LogP contribution in [-0.2, 0) is 33.4 Å².